The van der Waals surface area contributed by atoms with Gasteiger partial charge in [0, 0.05) is 6.08 Å². The van der Waals surface area contributed by atoms with Crippen molar-refractivity contribution < 1.29 is 8.81 Å². The number of halogens is 3. The van der Waals surface area contributed by atoms with Crippen molar-refractivity contribution in [2.75, 3.05) is 0 Å². The molecule has 0 radical (unpaired) electrons. The third-order valence-electron chi connectivity index (χ3n) is 2.07. The molecule has 0 saturated heterocycles. The van der Waals surface area contributed by atoms with Crippen molar-refractivity contribution in [1.29, 1.82) is 0 Å². The summed E-state index contributed by atoms with van der Waals surface area (Å²) in [5.41, 5.74) is 1.36. The minimum absolute atomic E-state index is 0.300. The Morgan fingerprint density at radius 1 is 1.35 bits per heavy atom. The number of hydrogen-bond donors (Lipinski definition) is 0. The van der Waals surface area contributed by atoms with Crippen LogP contribution < -0.4 is 0 Å². The molecule has 2 nitrogen and oxygen atoms in total. The van der Waals surface area contributed by atoms with Gasteiger partial charge < -0.3 is 4.42 Å². The normalized spacial score (nSPS) is 11.2. The number of aromatic nitrogens is 1. The van der Waals surface area contributed by atoms with E-state index in [9.17, 15) is 4.39 Å². The number of rotatable bonds is 3. The van der Waals surface area contributed by atoms with Crippen molar-refractivity contribution in [3.05, 3.63) is 52.5 Å². The summed E-state index contributed by atoms with van der Waals surface area (Å²) in [6.45, 7) is 0. The Kier molecular flexibility index (Phi) is 3.82. The molecule has 0 aliphatic rings. The standard InChI is InChI=1S/C12H8Cl2FNO/c13-6-10-7-17-12(16-10)4-2-8-1-3-9(15)5-11(8)14/h1-5,7H,6H2/b4-2+. The van der Waals surface area contributed by atoms with Crippen LogP contribution in [0.2, 0.25) is 5.02 Å². The molecule has 2 aromatic rings. The fraction of sp³-hybridized carbons (Fsp3) is 0.0833. The van der Waals surface area contributed by atoms with E-state index < -0.39 is 0 Å². The minimum atomic E-state index is -0.368. The van der Waals surface area contributed by atoms with Crippen molar-refractivity contribution in [1.82, 2.24) is 4.98 Å². The van der Waals surface area contributed by atoms with Crippen molar-refractivity contribution in [3.8, 4) is 0 Å². The number of oxazole rings is 1. The lowest BCUT2D eigenvalue weighted by atomic mass is 10.2. The molecule has 17 heavy (non-hydrogen) atoms. The van der Waals surface area contributed by atoms with Gasteiger partial charge in [0.2, 0.25) is 5.89 Å². The fourth-order valence-electron chi connectivity index (χ4n) is 1.26. The molecule has 88 valence electrons. The lowest BCUT2D eigenvalue weighted by Crippen LogP contribution is -1.79. The van der Waals surface area contributed by atoms with Crippen LogP contribution in [0, 0.1) is 5.82 Å². The molecule has 0 N–H and O–H groups in total. The summed E-state index contributed by atoms with van der Waals surface area (Å²) in [7, 11) is 0. The first-order chi connectivity index (χ1) is 8.19. The molecule has 5 heteroatoms. The predicted octanol–water partition coefficient (Wildman–Crippen LogP) is 4.38. The van der Waals surface area contributed by atoms with Gasteiger partial charge in [-0.15, -0.1) is 11.6 Å². The summed E-state index contributed by atoms with van der Waals surface area (Å²) in [6, 6.07) is 4.17. The molecule has 0 saturated carbocycles. The lowest BCUT2D eigenvalue weighted by molar-refractivity contribution is 0.546. The third-order valence-corrected chi connectivity index (χ3v) is 2.68. The van der Waals surface area contributed by atoms with E-state index in [1.54, 1.807) is 18.2 Å². The molecule has 0 fully saturated rings. The van der Waals surface area contributed by atoms with Crippen LogP contribution in [0.3, 0.4) is 0 Å². The number of alkyl halides is 1. The van der Waals surface area contributed by atoms with Gasteiger partial charge in [0.05, 0.1) is 16.6 Å². The van der Waals surface area contributed by atoms with Crippen molar-refractivity contribution >= 4 is 35.4 Å². The van der Waals surface area contributed by atoms with Crippen LogP contribution in [-0.4, -0.2) is 4.98 Å². The summed E-state index contributed by atoms with van der Waals surface area (Å²) in [6.07, 6.45) is 4.83. The molecule has 1 aromatic carbocycles. The monoisotopic (exact) mass is 271 g/mol. The van der Waals surface area contributed by atoms with E-state index >= 15 is 0 Å². The van der Waals surface area contributed by atoms with Crippen LogP contribution in [0.15, 0.2) is 28.9 Å². The SMILES string of the molecule is Fc1ccc(/C=C/c2nc(CCl)co2)c(Cl)c1. The Morgan fingerprint density at radius 2 is 2.18 bits per heavy atom. The fourth-order valence-corrected chi connectivity index (χ4v) is 1.61. The molecule has 0 aliphatic carbocycles. The van der Waals surface area contributed by atoms with Crippen LogP contribution in [0.4, 0.5) is 4.39 Å². The van der Waals surface area contributed by atoms with Gasteiger partial charge in [-0.25, -0.2) is 9.37 Å². The highest BCUT2D eigenvalue weighted by molar-refractivity contribution is 6.32. The number of benzene rings is 1. The highest BCUT2D eigenvalue weighted by Gasteiger charge is 2.01. The van der Waals surface area contributed by atoms with E-state index in [1.807, 2.05) is 0 Å². The second-order valence-electron chi connectivity index (χ2n) is 3.31. The maximum atomic E-state index is 12.8. The van der Waals surface area contributed by atoms with E-state index in [4.69, 9.17) is 27.6 Å². The highest BCUT2D eigenvalue weighted by Crippen LogP contribution is 2.19. The molecule has 0 atom stereocenters. The van der Waals surface area contributed by atoms with Crippen LogP contribution in [0.25, 0.3) is 12.2 Å². The van der Waals surface area contributed by atoms with Crippen LogP contribution in [-0.2, 0) is 5.88 Å². The molecule has 1 aromatic heterocycles. The smallest absolute Gasteiger partial charge is 0.218 e. The summed E-state index contributed by atoms with van der Waals surface area (Å²) in [5, 5.41) is 0.338. The number of hydrogen-bond acceptors (Lipinski definition) is 2. The van der Waals surface area contributed by atoms with E-state index in [0.717, 1.165) is 0 Å². The zero-order valence-electron chi connectivity index (χ0n) is 8.66. The van der Waals surface area contributed by atoms with Gasteiger partial charge in [-0.1, -0.05) is 17.7 Å². The molecular formula is C12H8Cl2FNO. The predicted molar refractivity (Wildman–Crippen MR) is 66.4 cm³/mol. The minimum Gasteiger partial charge on any atom is -0.445 e. The molecule has 2 rings (SSSR count). The third kappa shape index (κ3) is 3.08. The molecule has 0 bridgehead atoms. The molecule has 0 spiro atoms. The van der Waals surface area contributed by atoms with Crippen LogP contribution >= 0.6 is 23.2 Å². The first-order valence-electron chi connectivity index (χ1n) is 4.82. The average Bonchev–Trinajstić information content (AvgIpc) is 2.76. The van der Waals surface area contributed by atoms with Gasteiger partial charge in [-0.3, -0.25) is 0 Å². The second kappa shape index (κ2) is 5.34. The van der Waals surface area contributed by atoms with Gasteiger partial charge in [-0.2, -0.15) is 0 Å². The summed E-state index contributed by atoms with van der Waals surface area (Å²) >= 11 is 11.5. The van der Waals surface area contributed by atoms with Gasteiger partial charge in [-0.05, 0) is 23.8 Å². The van der Waals surface area contributed by atoms with E-state index in [2.05, 4.69) is 4.98 Å². The largest absolute Gasteiger partial charge is 0.445 e. The van der Waals surface area contributed by atoms with E-state index in [-0.39, 0.29) is 5.82 Å². The Labute approximate surface area is 108 Å². The first kappa shape index (κ1) is 12.1. The second-order valence-corrected chi connectivity index (χ2v) is 3.98. The average molecular weight is 272 g/mol. The van der Waals surface area contributed by atoms with Gasteiger partial charge in [0.1, 0.15) is 12.1 Å². The molecular weight excluding hydrogens is 264 g/mol. The zero-order valence-corrected chi connectivity index (χ0v) is 10.2. The maximum absolute atomic E-state index is 12.8. The first-order valence-corrected chi connectivity index (χ1v) is 5.74. The topological polar surface area (TPSA) is 26.0 Å². The van der Waals surface area contributed by atoms with Crippen molar-refractivity contribution in [2.45, 2.75) is 5.88 Å². The summed E-state index contributed by atoms with van der Waals surface area (Å²) in [5.74, 6) is 0.364. The Bertz CT molecular complexity index is 551. The molecule has 0 amide bonds. The number of nitrogens with zero attached hydrogens (tertiary/aromatic N) is 1. The van der Waals surface area contributed by atoms with Crippen molar-refractivity contribution in [2.24, 2.45) is 0 Å². The quantitative estimate of drug-likeness (QED) is 0.775. The summed E-state index contributed by atoms with van der Waals surface area (Å²) in [4.78, 5) is 4.09. The van der Waals surface area contributed by atoms with Gasteiger partial charge in [0.25, 0.3) is 0 Å². The molecule has 0 unspecified atom stereocenters. The Balaban J connectivity index is 2.19. The van der Waals surface area contributed by atoms with Gasteiger partial charge in [0.15, 0.2) is 0 Å². The van der Waals surface area contributed by atoms with Crippen LogP contribution in [0.1, 0.15) is 17.1 Å². The molecule has 0 aliphatic heterocycles. The summed E-state index contributed by atoms with van der Waals surface area (Å²) < 4.78 is 17.9. The zero-order chi connectivity index (χ0) is 12.3. The van der Waals surface area contributed by atoms with Gasteiger partial charge >= 0.3 is 0 Å². The lowest BCUT2D eigenvalue weighted by Gasteiger charge is -1.96. The Morgan fingerprint density at radius 3 is 2.82 bits per heavy atom. The van der Waals surface area contributed by atoms with E-state index in [1.165, 1.54) is 18.4 Å². The van der Waals surface area contributed by atoms with Crippen molar-refractivity contribution in [3.63, 3.8) is 0 Å². The van der Waals surface area contributed by atoms with E-state index in [0.29, 0.717) is 28.1 Å². The molecule has 1 heterocycles. The highest BCUT2D eigenvalue weighted by atomic mass is 35.5. The Hall–Kier alpha value is -1.32. The van der Waals surface area contributed by atoms with Crippen LogP contribution in [0.5, 0.6) is 0 Å². The maximum Gasteiger partial charge on any atom is 0.218 e.